The smallest absolute Gasteiger partial charge is 0.127 e. The maximum atomic E-state index is 5.58. The van der Waals surface area contributed by atoms with Crippen molar-refractivity contribution >= 4 is 23.0 Å². The predicted molar refractivity (Wildman–Crippen MR) is 94.8 cm³/mol. The van der Waals surface area contributed by atoms with Gasteiger partial charge in [-0.2, -0.15) is 0 Å². The number of nitrogen functional groups attached to an aromatic ring is 4. The van der Waals surface area contributed by atoms with E-state index in [0.29, 0.717) is 11.6 Å². The van der Waals surface area contributed by atoms with Crippen molar-refractivity contribution in [3.8, 4) is 11.5 Å². The minimum absolute atomic E-state index is 0.463. The zero-order valence-corrected chi connectivity index (χ0v) is 12.5. The normalized spacial score (nSPS) is 9.57. The molecule has 0 fully saturated rings. The summed E-state index contributed by atoms with van der Waals surface area (Å²) in [6.45, 7) is 0. The van der Waals surface area contributed by atoms with Crippen LogP contribution in [0, 0.1) is 0 Å². The van der Waals surface area contributed by atoms with E-state index in [9.17, 15) is 0 Å². The Morgan fingerprint density at radius 2 is 0.957 bits per heavy atom. The van der Waals surface area contributed by atoms with Gasteiger partial charge >= 0.3 is 0 Å². The molecule has 0 aliphatic rings. The number of anilines is 4. The fourth-order valence-corrected chi connectivity index (χ4v) is 1.68. The minimum atomic E-state index is 0.463. The van der Waals surface area contributed by atoms with Crippen LogP contribution in [0.4, 0.5) is 23.0 Å². The van der Waals surface area contributed by atoms with E-state index in [0.717, 1.165) is 22.9 Å². The third kappa shape index (κ3) is 5.47. The Balaban J connectivity index is 0.000000203. The Labute approximate surface area is 134 Å². The molecular weight excluding hydrogens is 290 g/mol. The Hall–Kier alpha value is -3.41. The molecular formula is C17H19N5O. The van der Waals surface area contributed by atoms with E-state index in [2.05, 4.69) is 4.98 Å². The molecule has 0 bridgehead atoms. The molecule has 3 aromatic rings. The predicted octanol–water partition coefficient (Wildman–Crippen LogP) is 2.89. The first-order chi connectivity index (χ1) is 11.0. The summed E-state index contributed by atoms with van der Waals surface area (Å²) in [6, 6.07) is 19.6. The lowest BCUT2D eigenvalue weighted by atomic mass is 10.3. The van der Waals surface area contributed by atoms with E-state index >= 15 is 0 Å². The number of rotatable bonds is 2. The Bertz CT molecular complexity index is 681. The van der Waals surface area contributed by atoms with Gasteiger partial charge in [0.05, 0.1) is 0 Å². The van der Waals surface area contributed by atoms with Crippen LogP contribution >= 0.6 is 0 Å². The van der Waals surface area contributed by atoms with Gasteiger partial charge in [0.15, 0.2) is 0 Å². The first-order valence-electron chi connectivity index (χ1n) is 6.90. The molecule has 118 valence electrons. The lowest BCUT2D eigenvalue weighted by molar-refractivity contribution is 0.483. The first kappa shape index (κ1) is 16.0. The van der Waals surface area contributed by atoms with Gasteiger partial charge in [-0.15, -0.1) is 0 Å². The average molecular weight is 309 g/mol. The molecule has 0 aliphatic heterocycles. The van der Waals surface area contributed by atoms with Crippen molar-refractivity contribution in [2.24, 2.45) is 0 Å². The summed E-state index contributed by atoms with van der Waals surface area (Å²) in [5.74, 6) is 2.44. The Morgan fingerprint density at radius 3 is 1.26 bits per heavy atom. The highest BCUT2D eigenvalue weighted by molar-refractivity contribution is 5.45. The minimum Gasteiger partial charge on any atom is -0.457 e. The molecule has 0 amide bonds. The van der Waals surface area contributed by atoms with Gasteiger partial charge < -0.3 is 27.7 Å². The van der Waals surface area contributed by atoms with E-state index < -0.39 is 0 Å². The SMILES string of the molecule is Nc1ccc(Oc2ccc(N)cc2)cc1.Nc1cccc(N)n1. The number of ether oxygens (including phenoxy) is 1. The van der Waals surface area contributed by atoms with E-state index in [1.807, 2.05) is 24.3 Å². The number of nitrogens with two attached hydrogens (primary N) is 4. The van der Waals surface area contributed by atoms with Gasteiger partial charge in [-0.05, 0) is 60.7 Å². The second kappa shape index (κ2) is 7.56. The third-order valence-electron chi connectivity index (χ3n) is 2.79. The van der Waals surface area contributed by atoms with Crippen LogP contribution in [-0.2, 0) is 0 Å². The van der Waals surface area contributed by atoms with Crippen LogP contribution in [0.2, 0.25) is 0 Å². The number of hydrogen-bond donors (Lipinski definition) is 4. The van der Waals surface area contributed by atoms with E-state index in [1.54, 1.807) is 42.5 Å². The summed E-state index contributed by atoms with van der Waals surface area (Å²) >= 11 is 0. The Morgan fingerprint density at radius 1 is 0.565 bits per heavy atom. The number of benzene rings is 2. The molecule has 23 heavy (non-hydrogen) atoms. The van der Waals surface area contributed by atoms with Crippen LogP contribution in [0.25, 0.3) is 0 Å². The fourth-order valence-electron chi connectivity index (χ4n) is 1.68. The zero-order valence-electron chi connectivity index (χ0n) is 12.5. The second-order valence-corrected chi connectivity index (χ2v) is 4.73. The highest BCUT2D eigenvalue weighted by Crippen LogP contribution is 2.22. The summed E-state index contributed by atoms with van der Waals surface area (Å²) in [7, 11) is 0. The van der Waals surface area contributed by atoms with Crippen molar-refractivity contribution in [3.05, 3.63) is 66.7 Å². The number of nitrogens with zero attached hydrogens (tertiary/aromatic N) is 1. The highest BCUT2D eigenvalue weighted by atomic mass is 16.5. The lowest BCUT2D eigenvalue weighted by Gasteiger charge is -2.05. The topological polar surface area (TPSA) is 126 Å². The van der Waals surface area contributed by atoms with Gasteiger partial charge in [0.2, 0.25) is 0 Å². The van der Waals surface area contributed by atoms with E-state index in [-0.39, 0.29) is 0 Å². The van der Waals surface area contributed by atoms with Crippen molar-refractivity contribution in [2.45, 2.75) is 0 Å². The van der Waals surface area contributed by atoms with Gasteiger partial charge in [-0.3, -0.25) is 0 Å². The molecule has 1 heterocycles. The molecule has 0 saturated carbocycles. The van der Waals surface area contributed by atoms with Gasteiger partial charge in [0.25, 0.3) is 0 Å². The van der Waals surface area contributed by atoms with Gasteiger partial charge in [0.1, 0.15) is 23.1 Å². The molecule has 0 atom stereocenters. The van der Waals surface area contributed by atoms with E-state index in [1.165, 1.54) is 0 Å². The molecule has 1 aromatic heterocycles. The molecule has 3 rings (SSSR count). The Kier molecular flexibility index (Phi) is 5.25. The lowest BCUT2D eigenvalue weighted by Crippen LogP contribution is -1.93. The molecule has 8 N–H and O–H groups in total. The zero-order chi connectivity index (χ0) is 16.7. The number of aromatic nitrogens is 1. The largest absolute Gasteiger partial charge is 0.457 e. The van der Waals surface area contributed by atoms with Gasteiger partial charge in [0, 0.05) is 11.4 Å². The highest BCUT2D eigenvalue weighted by Gasteiger charge is 1.96. The van der Waals surface area contributed by atoms with Crippen LogP contribution < -0.4 is 27.7 Å². The average Bonchev–Trinajstić information content (AvgIpc) is 2.52. The molecule has 0 radical (unpaired) electrons. The number of hydrogen-bond acceptors (Lipinski definition) is 6. The molecule has 0 spiro atoms. The quantitative estimate of drug-likeness (QED) is 0.539. The van der Waals surface area contributed by atoms with Crippen LogP contribution in [0.1, 0.15) is 0 Å². The summed E-state index contributed by atoms with van der Waals surface area (Å²) in [5, 5.41) is 0. The monoisotopic (exact) mass is 309 g/mol. The van der Waals surface area contributed by atoms with Crippen molar-refractivity contribution in [1.29, 1.82) is 0 Å². The summed E-state index contributed by atoms with van der Waals surface area (Å²) in [4.78, 5) is 3.73. The summed E-state index contributed by atoms with van der Waals surface area (Å²) in [5.41, 5.74) is 23.1. The molecule has 2 aromatic carbocycles. The molecule has 0 saturated heterocycles. The van der Waals surface area contributed by atoms with Crippen molar-refractivity contribution < 1.29 is 4.74 Å². The maximum absolute atomic E-state index is 5.58. The molecule has 0 unspecified atom stereocenters. The molecule has 6 nitrogen and oxygen atoms in total. The number of pyridine rings is 1. The van der Waals surface area contributed by atoms with Gasteiger partial charge in [-0.1, -0.05) is 6.07 Å². The van der Waals surface area contributed by atoms with Crippen LogP contribution in [0.15, 0.2) is 66.7 Å². The van der Waals surface area contributed by atoms with Crippen molar-refractivity contribution in [2.75, 3.05) is 22.9 Å². The summed E-state index contributed by atoms with van der Waals surface area (Å²) in [6.07, 6.45) is 0. The van der Waals surface area contributed by atoms with Crippen molar-refractivity contribution in [3.63, 3.8) is 0 Å². The second-order valence-electron chi connectivity index (χ2n) is 4.73. The van der Waals surface area contributed by atoms with Crippen molar-refractivity contribution in [1.82, 2.24) is 4.98 Å². The molecule has 6 heteroatoms. The first-order valence-corrected chi connectivity index (χ1v) is 6.90. The van der Waals surface area contributed by atoms with Crippen LogP contribution in [0.3, 0.4) is 0 Å². The van der Waals surface area contributed by atoms with Crippen LogP contribution in [0.5, 0.6) is 11.5 Å². The molecule has 0 aliphatic carbocycles. The third-order valence-corrected chi connectivity index (χ3v) is 2.79. The fraction of sp³-hybridized carbons (Fsp3) is 0. The van der Waals surface area contributed by atoms with Crippen LogP contribution in [-0.4, -0.2) is 4.98 Å². The summed E-state index contributed by atoms with van der Waals surface area (Å²) < 4.78 is 5.58. The standard InChI is InChI=1S/C12H12N2O.C5H7N3/c13-9-1-5-11(6-2-9)15-12-7-3-10(14)4-8-12;6-4-2-1-3-5(7)8-4/h1-8H,13-14H2;1-3H,(H4,6,7,8). The maximum Gasteiger partial charge on any atom is 0.127 e. The van der Waals surface area contributed by atoms with Gasteiger partial charge in [-0.25, -0.2) is 4.98 Å². The van der Waals surface area contributed by atoms with E-state index in [4.69, 9.17) is 27.7 Å².